The average molecular weight is 373 g/mol. The van der Waals surface area contributed by atoms with Crippen molar-refractivity contribution in [1.29, 1.82) is 0 Å². The molecule has 1 aliphatic heterocycles. The molecule has 3 rings (SSSR count). The first-order chi connectivity index (χ1) is 12.9. The predicted octanol–water partition coefficient (Wildman–Crippen LogP) is 1.82. The molecule has 9 heteroatoms. The standard InChI is InChI=1S/C18H16FN3O5/c19-13-3-1-12(2-4-13)7-8-20-17(23)10-21-15-9-14(22(25)26)5-6-16(15)27-11-18(21)24/h1-6,9H,7-8,10-11H2,(H,20,23). The molecule has 8 nitrogen and oxygen atoms in total. The number of carbonyl (C=O) groups excluding carboxylic acids is 2. The molecule has 0 aromatic heterocycles. The van der Waals surface area contributed by atoms with Crippen LogP contribution in [0.4, 0.5) is 15.8 Å². The Bertz CT molecular complexity index is 885. The topological polar surface area (TPSA) is 102 Å². The number of anilines is 1. The highest BCUT2D eigenvalue weighted by atomic mass is 19.1. The highest BCUT2D eigenvalue weighted by Gasteiger charge is 2.29. The van der Waals surface area contributed by atoms with Gasteiger partial charge in [0.05, 0.1) is 10.6 Å². The molecule has 140 valence electrons. The molecule has 0 bridgehead atoms. The highest BCUT2D eigenvalue weighted by Crippen LogP contribution is 2.35. The molecule has 2 aromatic carbocycles. The molecule has 0 atom stereocenters. The van der Waals surface area contributed by atoms with E-state index in [1.807, 2.05) is 0 Å². The Hall–Kier alpha value is -3.49. The number of non-ortho nitro benzene ring substituents is 1. The van der Waals surface area contributed by atoms with E-state index < -0.39 is 16.7 Å². The fourth-order valence-electron chi connectivity index (χ4n) is 2.67. The normalized spacial score (nSPS) is 12.9. The predicted molar refractivity (Wildman–Crippen MR) is 94.1 cm³/mol. The summed E-state index contributed by atoms with van der Waals surface area (Å²) in [6.45, 7) is -0.210. The smallest absolute Gasteiger partial charge is 0.271 e. The van der Waals surface area contributed by atoms with Crippen molar-refractivity contribution in [3.63, 3.8) is 0 Å². The quantitative estimate of drug-likeness (QED) is 0.615. The van der Waals surface area contributed by atoms with Gasteiger partial charge in [-0.05, 0) is 30.2 Å². The molecule has 1 heterocycles. The van der Waals surface area contributed by atoms with E-state index >= 15 is 0 Å². The number of nitrogens with one attached hydrogen (secondary N) is 1. The Balaban J connectivity index is 1.63. The van der Waals surface area contributed by atoms with Crippen LogP contribution in [0.5, 0.6) is 5.75 Å². The van der Waals surface area contributed by atoms with Gasteiger partial charge in [0.1, 0.15) is 18.1 Å². The van der Waals surface area contributed by atoms with E-state index in [0.717, 1.165) is 5.56 Å². The number of nitro benzene ring substituents is 1. The highest BCUT2D eigenvalue weighted by molar-refractivity contribution is 6.02. The van der Waals surface area contributed by atoms with Crippen LogP contribution in [-0.4, -0.2) is 36.4 Å². The molecular formula is C18H16FN3O5. The SMILES string of the molecule is O=C(CN1C(=O)COc2ccc([N+](=O)[O-])cc21)NCCc1ccc(F)cc1. The van der Waals surface area contributed by atoms with Crippen LogP contribution in [0.1, 0.15) is 5.56 Å². The Morgan fingerprint density at radius 3 is 2.70 bits per heavy atom. The molecule has 1 aliphatic rings. The summed E-state index contributed by atoms with van der Waals surface area (Å²) in [5.41, 5.74) is 0.850. The lowest BCUT2D eigenvalue weighted by molar-refractivity contribution is -0.384. The molecule has 0 saturated heterocycles. The maximum Gasteiger partial charge on any atom is 0.271 e. The van der Waals surface area contributed by atoms with E-state index in [9.17, 15) is 24.1 Å². The van der Waals surface area contributed by atoms with Crippen LogP contribution in [0.2, 0.25) is 0 Å². The van der Waals surface area contributed by atoms with E-state index in [1.54, 1.807) is 12.1 Å². The number of amides is 2. The maximum atomic E-state index is 12.9. The summed E-state index contributed by atoms with van der Waals surface area (Å²) in [6.07, 6.45) is 0.505. The summed E-state index contributed by atoms with van der Waals surface area (Å²) < 4.78 is 18.1. The van der Waals surface area contributed by atoms with Gasteiger partial charge in [0.15, 0.2) is 6.61 Å². The molecule has 0 radical (unpaired) electrons. The van der Waals surface area contributed by atoms with Gasteiger partial charge in [0, 0.05) is 18.7 Å². The monoisotopic (exact) mass is 373 g/mol. The third kappa shape index (κ3) is 4.38. The lowest BCUT2D eigenvalue weighted by Crippen LogP contribution is -2.45. The van der Waals surface area contributed by atoms with E-state index in [4.69, 9.17) is 4.74 Å². The van der Waals surface area contributed by atoms with Crippen molar-refractivity contribution in [3.8, 4) is 5.75 Å². The van der Waals surface area contributed by atoms with Crippen molar-refractivity contribution in [2.75, 3.05) is 24.6 Å². The Morgan fingerprint density at radius 2 is 2.00 bits per heavy atom. The second kappa shape index (κ2) is 7.81. The van der Waals surface area contributed by atoms with Gasteiger partial charge in [-0.15, -0.1) is 0 Å². The number of benzene rings is 2. The van der Waals surface area contributed by atoms with Gasteiger partial charge in [0.2, 0.25) is 5.91 Å². The molecule has 27 heavy (non-hydrogen) atoms. The molecule has 2 aromatic rings. The van der Waals surface area contributed by atoms with Crippen LogP contribution in [0, 0.1) is 15.9 Å². The van der Waals surface area contributed by atoms with Gasteiger partial charge in [-0.25, -0.2) is 4.39 Å². The molecule has 0 spiro atoms. The van der Waals surface area contributed by atoms with Crippen LogP contribution >= 0.6 is 0 Å². The third-order valence-electron chi connectivity index (χ3n) is 4.05. The number of fused-ring (bicyclic) bond motifs is 1. The summed E-state index contributed by atoms with van der Waals surface area (Å²) in [5, 5.41) is 13.6. The third-order valence-corrected chi connectivity index (χ3v) is 4.05. The van der Waals surface area contributed by atoms with Gasteiger partial charge in [-0.1, -0.05) is 12.1 Å². The molecule has 0 unspecified atom stereocenters. The Morgan fingerprint density at radius 1 is 1.26 bits per heavy atom. The van der Waals surface area contributed by atoms with Crippen molar-refractivity contribution in [2.24, 2.45) is 0 Å². The molecule has 0 saturated carbocycles. The molecule has 0 aliphatic carbocycles. The van der Waals surface area contributed by atoms with E-state index in [1.165, 1.54) is 35.2 Å². The van der Waals surface area contributed by atoms with Gasteiger partial charge in [-0.2, -0.15) is 0 Å². The zero-order chi connectivity index (χ0) is 19.4. The number of nitrogens with zero attached hydrogens (tertiary/aromatic N) is 2. The number of rotatable bonds is 6. The average Bonchev–Trinajstić information content (AvgIpc) is 2.65. The van der Waals surface area contributed by atoms with E-state index in [2.05, 4.69) is 5.32 Å². The van der Waals surface area contributed by atoms with Crippen LogP contribution in [-0.2, 0) is 16.0 Å². The Kier molecular flexibility index (Phi) is 5.30. The van der Waals surface area contributed by atoms with Crippen molar-refractivity contribution >= 4 is 23.2 Å². The Labute approximate surface area is 153 Å². The van der Waals surface area contributed by atoms with Crippen LogP contribution in [0.15, 0.2) is 42.5 Å². The number of hydrogen-bond acceptors (Lipinski definition) is 5. The number of nitro groups is 1. The van der Waals surface area contributed by atoms with Gasteiger partial charge < -0.3 is 10.1 Å². The fraction of sp³-hybridized carbons (Fsp3) is 0.222. The minimum atomic E-state index is -0.583. The summed E-state index contributed by atoms with van der Waals surface area (Å²) in [4.78, 5) is 35.8. The van der Waals surface area contributed by atoms with Gasteiger partial charge in [0.25, 0.3) is 11.6 Å². The van der Waals surface area contributed by atoms with Crippen molar-refractivity contribution in [2.45, 2.75) is 6.42 Å². The minimum Gasteiger partial charge on any atom is -0.482 e. The summed E-state index contributed by atoms with van der Waals surface area (Å²) >= 11 is 0. The second-order valence-corrected chi connectivity index (χ2v) is 5.90. The van der Waals surface area contributed by atoms with Gasteiger partial charge >= 0.3 is 0 Å². The largest absolute Gasteiger partial charge is 0.482 e. The number of hydrogen-bond donors (Lipinski definition) is 1. The first-order valence-corrected chi connectivity index (χ1v) is 8.17. The molecule has 2 amide bonds. The zero-order valence-electron chi connectivity index (χ0n) is 14.2. The summed E-state index contributed by atoms with van der Waals surface area (Å²) in [6, 6.07) is 9.82. The number of halogens is 1. The first kappa shape index (κ1) is 18.3. The fourth-order valence-corrected chi connectivity index (χ4v) is 2.67. The van der Waals surface area contributed by atoms with Crippen LogP contribution in [0.25, 0.3) is 0 Å². The molecular weight excluding hydrogens is 357 g/mol. The summed E-state index contributed by atoms with van der Waals surface area (Å²) in [7, 11) is 0. The first-order valence-electron chi connectivity index (χ1n) is 8.17. The second-order valence-electron chi connectivity index (χ2n) is 5.90. The van der Waals surface area contributed by atoms with Crippen LogP contribution in [0.3, 0.4) is 0 Å². The van der Waals surface area contributed by atoms with Gasteiger partial charge in [-0.3, -0.25) is 24.6 Å². The maximum absolute atomic E-state index is 12.9. The lowest BCUT2D eigenvalue weighted by atomic mass is 10.1. The summed E-state index contributed by atoms with van der Waals surface area (Å²) in [5.74, 6) is -0.901. The van der Waals surface area contributed by atoms with E-state index in [0.29, 0.717) is 18.7 Å². The number of carbonyl (C=O) groups is 2. The van der Waals surface area contributed by atoms with Crippen molar-refractivity contribution < 1.29 is 23.6 Å². The number of ether oxygens (including phenoxy) is 1. The van der Waals surface area contributed by atoms with Crippen molar-refractivity contribution in [1.82, 2.24) is 5.32 Å². The van der Waals surface area contributed by atoms with Crippen LogP contribution < -0.4 is 15.0 Å². The van der Waals surface area contributed by atoms with E-state index in [-0.39, 0.29) is 30.3 Å². The molecule has 1 N–H and O–H groups in total. The minimum absolute atomic E-state index is 0.189. The zero-order valence-corrected chi connectivity index (χ0v) is 14.2. The molecule has 0 fully saturated rings. The lowest BCUT2D eigenvalue weighted by Gasteiger charge is -2.28. The van der Waals surface area contributed by atoms with Crippen molar-refractivity contribution in [3.05, 3.63) is 64.0 Å².